The summed E-state index contributed by atoms with van der Waals surface area (Å²) in [5.74, 6) is -0.884. The number of alkyl halides is 3. The Morgan fingerprint density at radius 3 is 2.43 bits per heavy atom. The minimum atomic E-state index is -4.81. The van der Waals surface area contributed by atoms with E-state index in [4.69, 9.17) is 0 Å². The number of halogens is 3. The molecule has 0 aliphatic rings. The van der Waals surface area contributed by atoms with E-state index in [-0.39, 0.29) is 23.1 Å². The van der Waals surface area contributed by atoms with Crippen LogP contribution in [0.3, 0.4) is 0 Å². The summed E-state index contributed by atoms with van der Waals surface area (Å²) in [5, 5.41) is 5.20. The van der Waals surface area contributed by atoms with E-state index < -0.39 is 29.8 Å². The number of anilines is 1. The molecule has 0 atom stereocenters. The van der Waals surface area contributed by atoms with Crippen LogP contribution in [0.2, 0.25) is 0 Å². The number of hydrogen-bond donors (Lipinski definition) is 2. The molecule has 1 aromatic heterocycles. The second-order valence-electron chi connectivity index (χ2n) is 6.55. The summed E-state index contributed by atoms with van der Waals surface area (Å²) in [7, 11) is 0. The summed E-state index contributed by atoms with van der Waals surface area (Å²) in [6.07, 6.45) is -3.71. The zero-order valence-electron chi connectivity index (χ0n) is 15.3. The van der Waals surface area contributed by atoms with Gasteiger partial charge in [-0.1, -0.05) is 26.0 Å². The highest BCUT2D eigenvalue weighted by atomic mass is 19.4. The molecule has 150 valence electrons. The van der Waals surface area contributed by atoms with Crippen LogP contribution < -0.4 is 16.2 Å². The van der Waals surface area contributed by atoms with Crippen molar-refractivity contribution in [2.45, 2.75) is 26.6 Å². The van der Waals surface area contributed by atoms with Gasteiger partial charge in [0, 0.05) is 12.7 Å². The van der Waals surface area contributed by atoms with E-state index in [2.05, 4.69) is 10.6 Å². The average Bonchev–Trinajstić information content (AvgIpc) is 2.61. The maximum absolute atomic E-state index is 12.8. The van der Waals surface area contributed by atoms with Crippen LogP contribution in [-0.4, -0.2) is 22.9 Å². The Hall–Kier alpha value is -3.10. The third-order valence-electron chi connectivity index (χ3n) is 3.76. The fourth-order valence-electron chi connectivity index (χ4n) is 2.40. The van der Waals surface area contributed by atoms with Crippen LogP contribution in [0.1, 0.15) is 29.8 Å². The van der Waals surface area contributed by atoms with Gasteiger partial charge in [0.05, 0.1) is 11.3 Å². The van der Waals surface area contributed by atoms with Crippen LogP contribution in [0.25, 0.3) is 0 Å². The average molecular weight is 395 g/mol. The van der Waals surface area contributed by atoms with Crippen molar-refractivity contribution in [3.05, 3.63) is 64.1 Å². The van der Waals surface area contributed by atoms with E-state index >= 15 is 0 Å². The lowest BCUT2D eigenvalue weighted by molar-refractivity contribution is -0.139. The SMILES string of the molecule is CC(C)CNC(=O)c1ccccc1NC(=O)Cn1cccc(C(F)(F)F)c1=O. The fourth-order valence-corrected chi connectivity index (χ4v) is 2.40. The van der Waals surface area contributed by atoms with Crippen LogP contribution in [0.15, 0.2) is 47.4 Å². The molecule has 0 aliphatic heterocycles. The number of rotatable bonds is 6. The molecule has 9 heteroatoms. The maximum Gasteiger partial charge on any atom is 0.421 e. The summed E-state index contributed by atoms with van der Waals surface area (Å²) in [6, 6.07) is 7.94. The summed E-state index contributed by atoms with van der Waals surface area (Å²) in [4.78, 5) is 36.5. The van der Waals surface area contributed by atoms with Gasteiger partial charge in [0.1, 0.15) is 12.1 Å². The Labute approximate surface area is 159 Å². The van der Waals surface area contributed by atoms with Gasteiger partial charge in [-0.05, 0) is 30.2 Å². The molecule has 0 saturated carbocycles. The molecule has 2 rings (SSSR count). The minimum absolute atomic E-state index is 0.203. The van der Waals surface area contributed by atoms with Gasteiger partial charge in [-0.15, -0.1) is 0 Å². The summed E-state index contributed by atoms with van der Waals surface area (Å²) >= 11 is 0. The van der Waals surface area contributed by atoms with Crippen molar-refractivity contribution < 1.29 is 22.8 Å². The van der Waals surface area contributed by atoms with Crippen molar-refractivity contribution in [2.24, 2.45) is 5.92 Å². The van der Waals surface area contributed by atoms with Crippen molar-refractivity contribution in [2.75, 3.05) is 11.9 Å². The van der Waals surface area contributed by atoms with Crippen molar-refractivity contribution in [1.82, 2.24) is 9.88 Å². The van der Waals surface area contributed by atoms with E-state index in [1.807, 2.05) is 13.8 Å². The molecule has 28 heavy (non-hydrogen) atoms. The van der Waals surface area contributed by atoms with Crippen LogP contribution >= 0.6 is 0 Å². The summed E-state index contributed by atoms with van der Waals surface area (Å²) < 4.78 is 39.1. The number of hydrogen-bond acceptors (Lipinski definition) is 3. The van der Waals surface area contributed by atoms with Gasteiger partial charge in [-0.25, -0.2) is 0 Å². The number of nitrogens with zero attached hydrogens (tertiary/aromatic N) is 1. The Morgan fingerprint density at radius 1 is 1.11 bits per heavy atom. The molecule has 2 aromatic rings. The molecule has 0 radical (unpaired) electrons. The molecule has 0 unspecified atom stereocenters. The van der Waals surface area contributed by atoms with E-state index in [1.54, 1.807) is 12.1 Å². The standard InChI is InChI=1S/C19H20F3N3O3/c1-12(2)10-23-17(27)13-6-3-4-8-15(13)24-16(26)11-25-9-5-7-14(18(25)28)19(20,21)22/h3-9,12H,10-11H2,1-2H3,(H,23,27)(H,24,26). The van der Waals surface area contributed by atoms with Gasteiger partial charge in [0.15, 0.2) is 0 Å². The highest BCUT2D eigenvalue weighted by molar-refractivity contribution is 6.03. The first-order valence-electron chi connectivity index (χ1n) is 8.53. The molecule has 1 aromatic carbocycles. The van der Waals surface area contributed by atoms with Crippen molar-refractivity contribution in [3.63, 3.8) is 0 Å². The molecule has 0 fully saturated rings. The van der Waals surface area contributed by atoms with E-state index in [1.165, 1.54) is 12.1 Å². The molecule has 2 amide bonds. The number of pyridine rings is 1. The molecule has 0 bridgehead atoms. The van der Waals surface area contributed by atoms with Gasteiger partial charge >= 0.3 is 6.18 Å². The predicted molar refractivity (Wildman–Crippen MR) is 97.9 cm³/mol. The van der Waals surface area contributed by atoms with Gasteiger partial charge in [-0.3, -0.25) is 14.4 Å². The molecular formula is C19H20F3N3O3. The van der Waals surface area contributed by atoms with E-state index in [0.717, 1.165) is 12.3 Å². The number of benzene rings is 1. The molecule has 1 heterocycles. The Bertz CT molecular complexity index is 920. The van der Waals surface area contributed by atoms with Crippen LogP contribution in [-0.2, 0) is 17.5 Å². The van der Waals surface area contributed by atoms with E-state index in [9.17, 15) is 27.6 Å². The highest BCUT2D eigenvalue weighted by Crippen LogP contribution is 2.26. The third-order valence-corrected chi connectivity index (χ3v) is 3.76. The van der Waals surface area contributed by atoms with Gasteiger partial charge in [0.25, 0.3) is 11.5 Å². The first-order valence-corrected chi connectivity index (χ1v) is 8.53. The summed E-state index contributed by atoms with van der Waals surface area (Å²) in [5.41, 5.74) is -2.24. The van der Waals surface area contributed by atoms with Crippen molar-refractivity contribution in [1.29, 1.82) is 0 Å². The van der Waals surface area contributed by atoms with Crippen molar-refractivity contribution in [3.8, 4) is 0 Å². The maximum atomic E-state index is 12.8. The highest BCUT2D eigenvalue weighted by Gasteiger charge is 2.34. The zero-order chi connectivity index (χ0) is 20.9. The van der Waals surface area contributed by atoms with Gasteiger partial charge < -0.3 is 15.2 Å². The first-order chi connectivity index (χ1) is 13.1. The normalized spacial score (nSPS) is 11.4. The van der Waals surface area contributed by atoms with Crippen LogP contribution in [0, 0.1) is 5.92 Å². The zero-order valence-corrected chi connectivity index (χ0v) is 15.3. The monoisotopic (exact) mass is 395 g/mol. The van der Waals surface area contributed by atoms with Crippen molar-refractivity contribution >= 4 is 17.5 Å². The largest absolute Gasteiger partial charge is 0.421 e. The lowest BCUT2D eigenvalue weighted by Crippen LogP contribution is -2.32. The molecule has 0 saturated heterocycles. The summed E-state index contributed by atoms with van der Waals surface area (Å²) in [6.45, 7) is 3.69. The quantitative estimate of drug-likeness (QED) is 0.789. The number of amides is 2. The number of carbonyl (C=O) groups excluding carboxylic acids is 2. The van der Waals surface area contributed by atoms with Gasteiger partial charge in [0.2, 0.25) is 5.91 Å². The second kappa shape index (κ2) is 8.73. The lowest BCUT2D eigenvalue weighted by atomic mass is 10.1. The fraction of sp³-hybridized carbons (Fsp3) is 0.316. The minimum Gasteiger partial charge on any atom is -0.352 e. The van der Waals surface area contributed by atoms with E-state index in [0.29, 0.717) is 17.2 Å². The lowest BCUT2D eigenvalue weighted by Gasteiger charge is -2.13. The second-order valence-corrected chi connectivity index (χ2v) is 6.55. The molecule has 0 spiro atoms. The first kappa shape index (κ1) is 21.2. The smallest absolute Gasteiger partial charge is 0.352 e. The Morgan fingerprint density at radius 2 is 1.79 bits per heavy atom. The number of nitrogens with one attached hydrogen (secondary N) is 2. The van der Waals surface area contributed by atoms with Gasteiger partial charge in [-0.2, -0.15) is 13.2 Å². The molecule has 2 N–H and O–H groups in total. The molecule has 0 aliphatic carbocycles. The third kappa shape index (κ3) is 5.45. The Balaban J connectivity index is 2.17. The number of para-hydroxylation sites is 1. The number of aromatic nitrogens is 1. The topological polar surface area (TPSA) is 80.2 Å². The molecular weight excluding hydrogens is 375 g/mol. The Kier molecular flexibility index (Phi) is 6.61. The molecule has 6 nitrogen and oxygen atoms in total. The predicted octanol–water partition coefficient (Wildman–Crippen LogP) is 2.89. The number of carbonyl (C=O) groups is 2. The van der Waals surface area contributed by atoms with Crippen LogP contribution in [0.4, 0.5) is 18.9 Å². The van der Waals surface area contributed by atoms with Crippen LogP contribution in [0.5, 0.6) is 0 Å².